The fraction of sp³-hybridized carbons (Fsp3) is 0. The third kappa shape index (κ3) is 2.70. The molecule has 6 rings (SSSR count). The normalized spacial score (nSPS) is 11.3. The number of imidazole rings is 2. The molecule has 0 atom stereocenters. The highest BCUT2D eigenvalue weighted by molar-refractivity contribution is 5.95. The molecule has 0 fully saturated rings. The van der Waals surface area contributed by atoms with E-state index in [1.165, 1.54) is 0 Å². The lowest BCUT2D eigenvalue weighted by atomic mass is 10.0. The van der Waals surface area contributed by atoms with Gasteiger partial charge < -0.3 is 9.97 Å². The number of nitrogens with one attached hydrogen (secondary N) is 2. The van der Waals surface area contributed by atoms with Crippen LogP contribution >= 0.6 is 0 Å². The standard InChI is InChI=1S/C26H18N4/c1-3-9-17(10-4-1)19-13-7-15-21-23(19)29-25(27-21)26-28-22-16-8-14-20(24(22)30-26)18-11-5-2-6-12-18/h1-16H,(H,27,29)(H,28,30). The monoisotopic (exact) mass is 386 g/mol. The maximum Gasteiger partial charge on any atom is 0.174 e. The second-order valence-corrected chi connectivity index (χ2v) is 7.31. The van der Waals surface area contributed by atoms with Crippen LogP contribution < -0.4 is 0 Å². The van der Waals surface area contributed by atoms with Crippen LogP contribution in [0.5, 0.6) is 0 Å². The molecule has 0 amide bonds. The Kier molecular flexibility index (Phi) is 3.74. The molecule has 0 aliphatic heterocycles. The Morgan fingerprint density at radius 1 is 0.433 bits per heavy atom. The lowest BCUT2D eigenvalue weighted by Gasteiger charge is -2.01. The van der Waals surface area contributed by atoms with E-state index < -0.39 is 0 Å². The minimum atomic E-state index is 0.739. The molecule has 6 aromatic rings. The third-order valence-electron chi connectivity index (χ3n) is 5.42. The van der Waals surface area contributed by atoms with Crippen molar-refractivity contribution in [2.45, 2.75) is 0 Å². The molecule has 0 aliphatic carbocycles. The van der Waals surface area contributed by atoms with Crippen molar-refractivity contribution in [3.63, 3.8) is 0 Å². The highest BCUT2D eigenvalue weighted by Crippen LogP contribution is 2.31. The van der Waals surface area contributed by atoms with Crippen molar-refractivity contribution in [2.75, 3.05) is 0 Å². The largest absolute Gasteiger partial charge is 0.335 e. The van der Waals surface area contributed by atoms with Gasteiger partial charge in [0.05, 0.1) is 22.1 Å². The van der Waals surface area contributed by atoms with Crippen LogP contribution in [0.2, 0.25) is 0 Å². The molecule has 2 N–H and O–H groups in total. The second kappa shape index (κ2) is 6.71. The van der Waals surface area contributed by atoms with Crippen LogP contribution in [0, 0.1) is 0 Å². The van der Waals surface area contributed by atoms with Gasteiger partial charge in [0.25, 0.3) is 0 Å². The zero-order chi connectivity index (χ0) is 19.9. The van der Waals surface area contributed by atoms with Gasteiger partial charge >= 0.3 is 0 Å². The Labute approximate surface area is 173 Å². The number of H-pyrrole nitrogens is 2. The van der Waals surface area contributed by atoms with Crippen molar-refractivity contribution in [1.29, 1.82) is 0 Å². The minimum Gasteiger partial charge on any atom is -0.335 e. The van der Waals surface area contributed by atoms with Crippen LogP contribution in [-0.2, 0) is 0 Å². The summed E-state index contributed by atoms with van der Waals surface area (Å²) >= 11 is 0. The van der Waals surface area contributed by atoms with Gasteiger partial charge in [-0.1, -0.05) is 84.9 Å². The lowest BCUT2D eigenvalue weighted by Crippen LogP contribution is -1.83. The first kappa shape index (κ1) is 16.7. The topological polar surface area (TPSA) is 57.4 Å². The van der Waals surface area contributed by atoms with E-state index in [1.807, 2.05) is 36.4 Å². The molecule has 0 spiro atoms. The first-order valence-electron chi connectivity index (χ1n) is 9.95. The van der Waals surface area contributed by atoms with Gasteiger partial charge in [-0.2, -0.15) is 0 Å². The fourth-order valence-electron chi connectivity index (χ4n) is 3.99. The SMILES string of the molecule is c1ccc(-c2cccc3[nH]c(-c4nc5c(-c6ccccc6)cccc5[nH]4)nc23)cc1. The summed E-state index contributed by atoms with van der Waals surface area (Å²) in [7, 11) is 0. The minimum absolute atomic E-state index is 0.739. The molecule has 0 saturated heterocycles. The Balaban J connectivity index is 1.51. The van der Waals surface area contributed by atoms with E-state index in [4.69, 9.17) is 9.97 Å². The molecule has 4 heteroatoms. The number of para-hydroxylation sites is 2. The average molecular weight is 386 g/mol. The molecule has 142 valence electrons. The van der Waals surface area contributed by atoms with Crippen LogP contribution in [0.25, 0.3) is 56.0 Å². The highest BCUT2D eigenvalue weighted by Gasteiger charge is 2.15. The molecular formula is C26H18N4. The van der Waals surface area contributed by atoms with E-state index in [0.717, 1.165) is 56.0 Å². The average Bonchev–Trinajstić information content (AvgIpc) is 3.44. The molecule has 0 unspecified atom stereocenters. The zero-order valence-corrected chi connectivity index (χ0v) is 16.1. The number of nitrogens with zero attached hydrogens (tertiary/aromatic N) is 2. The molecule has 4 nitrogen and oxygen atoms in total. The molecule has 0 saturated carbocycles. The van der Waals surface area contributed by atoms with E-state index in [2.05, 4.69) is 70.6 Å². The Bertz CT molecular complexity index is 1360. The van der Waals surface area contributed by atoms with Gasteiger partial charge in [0, 0.05) is 11.1 Å². The zero-order valence-electron chi connectivity index (χ0n) is 16.1. The van der Waals surface area contributed by atoms with E-state index >= 15 is 0 Å². The van der Waals surface area contributed by atoms with Crippen molar-refractivity contribution in [3.05, 3.63) is 97.1 Å². The van der Waals surface area contributed by atoms with Gasteiger partial charge in [-0.3, -0.25) is 0 Å². The predicted octanol–water partition coefficient (Wildman–Crippen LogP) is 6.44. The van der Waals surface area contributed by atoms with Gasteiger partial charge in [0.1, 0.15) is 0 Å². The summed E-state index contributed by atoms with van der Waals surface area (Å²) in [4.78, 5) is 16.7. The van der Waals surface area contributed by atoms with Crippen molar-refractivity contribution in [1.82, 2.24) is 19.9 Å². The summed E-state index contributed by atoms with van der Waals surface area (Å²) in [6.45, 7) is 0. The smallest absolute Gasteiger partial charge is 0.174 e. The van der Waals surface area contributed by atoms with Crippen LogP contribution in [0.4, 0.5) is 0 Å². The number of rotatable bonds is 3. The number of aromatic amines is 2. The Morgan fingerprint density at radius 2 is 0.867 bits per heavy atom. The van der Waals surface area contributed by atoms with E-state index in [1.54, 1.807) is 0 Å². The predicted molar refractivity (Wildman–Crippen MR) is 122 cm³/mol. The number of hydrogen-bond donors (Lipinski definition) is 2. The Morgan fingerprint density at radius 3 is 1.30 bits per heavy atom. The van der Waals surface area contributed by atoms with Gasteiger partial charge in [-0.15, -0.1) is 0 Å². The van der Waals surface area contributed by atoms with Crippen molar-refractivity contribution >= 4 is 22.1 Å². The van der Waals surface area contributed by atoms with E-state index in [0.29, 0.717) is 0 Å². The van der Waals surface area contributed by atoms with Gasteiger partial charge in [-0.05, 0) is 23.3 Å². The number of benzene rings is 4. The molecule has 0 aliphatic rings. The van der Waals surface area contributed by atoms with E-state index in [9.17, 15) is 0 Å². The first-order chi connectivity index (χ1) is 14.9. The maximum absolute atomic E-state index is 4.91. The molecule has 0 bridgehead atoms. The fourth-order valence-corrected chi connectivity index (χ4v) is 3.99. The number of fused-ring (bicyclic) bond motifs is 2. The van der Waals surface area contributed by atoms with Crippen LogP contribution in [-0.4, -0.2) is 19.9 Å². The molecule has 30 heavy (non-hydrogen) atoms. The quantitative estimate of drug-likeness (QED) is 0.368. The molecule has 4 aromatic carbocycles. The molecular weight excluding hydrogens is 368 g/mol. The molecule has 2 aromatic heterocycles. The van der Waals surface area contributed by atoms with Crippen molar-refractivity contribution in [2.24, 2.45) is 0 Å². The van der Waals surface area contributed by atoms with E-state index in [-0.39, 0.29) is 0 Å². The summed E-state index contributed by atoms with van der Waals surface area (Å²) in [6, 6.07) is 33.1. The van der Waals surface area contributed by atoms with Crippen LogP contribution in [0.3, 0.4) is 0 Å². The highest BCUT2D eigenvalue weighted by atomic mass is 15.0. The number of hydrogen-bond acceptors (Lipinski definition) is 2. The number of aromatic nitrogens is 4. The van der Waals surface area contributed by atoms with Gasteiger partial charge in [-0.25, -0.2) is 9.97 Å². The van der Waals surface area contributed by atoms with Gasteiger partial charge in [0.15, 0.2) is 11.6 Å². The second-order valence-electron chi connectivity index (χ2n) is 7.31. The molecule has 2 heterocycles. The van der Waals surface area contributed by atoms with Crippen molar-refractivity contribution < 1.29 is 0 Å². The summed E-state index contributed by atoms with van der Waals surface area (Å²) < 4.78 is 0. The Hall–Kier alpha value is -4.18. The van der Waals surface area contributed by atoms with Crippen molar-refractivity contribution in [3.8, 4) is 33.9 Å². The summed E-state index contributed by atoms with van der Waals surface area (Å²) in [6.07, 6.45) is 0. The first-order valence-corrected chi connectivity index (χ1v) is 9.95. The summed E-state index contributed by atoms with van der Waals surface area (Å²) in [5.74, 6) is 1.48. The summed E-state index contributed by atoms with van der Waals surface area (Å²) in [5.41, 5.74) is 8.40. The lowest BCUT2D eigenvalue weighted by molar-refractivity contribution is 1.22. The maximum atomic E-state index is 4.91. The molecule has 0 radical (unpaired) electrons. The van der Waals surface area contributed by atoms with Crippen LogP contribution in [0.1, 0.15) is 0 Å². The third-order valence-corrected chi connectivity index (χ3v) is 5.42. The van der Waals surface area contributed by atoms with Gasteiger partial charge in [0.2, 0.25) is 0 Å². The van der Waals surface area contributed by atoms with Crippen LogP contribution in [0.15, 0.2) is 97.1 Å². The summed E-state index contributed by atoms with van der Waals surface area (Å²) in [5, 5.41) is 0.